The lowest BCUT2D eigenvalue weighted by atomic mass is 10.1. The second-order valence-corrected chi connectivity index (χ2v) is 8.67. The lowest BCUT2D eigenvalue weighted by Crippen LogP contribution is -2.41. The number of ether oxygens (including phenoxy) is 2. The maximum absolute atomic E-state index is 13.0. The van der Waals surface area contributed by atoms with E-state index in [1.807, 2.05) is 49.9 Å². The van der Waals surface area contributed by atoms with Gasteiger partial charge in [0.25, 0.3) is 0 Å². The van der Waals surface area contributed by atoms with Gasteiger partial charge in [0.2, 0.25) is 0 Å². The Morgan fingerprint density at radius 2 is 2.10 bits per heavy atom. The van der Waals surface area contributed by atoms with Gasteiger partial charge >= 0.3 is 5.97 Å². The molecule has 0 N–H and O–H groups in total. The highest BCUT2D eigenvalue weighted by atomic mass is 16.6. The molecule has 0 saturated carbocycles. The van der Waals surface area contributed by atoms with Crippen LogP contribution in [0, 0.1) is 0 Å². The van der Waals surface area contributed by atoms with Crippen molar-refractivity contribution in [1.82, 2.24) is 9.97 Å². The molecule has 7 nitrogen and oxygen atoms in total. The Balaban J connectivity index is 1.82. The van der Waals surface area contributed by atoms with Crippen LogP contribution >= 0.6 is 0 Å². The molecule has 0 bridgehead atoms. The first kappa shape index (κ1) is 21.1. The van der Waals surface area contributed by atoms with Crippen molar-refractivity contribution in [2.24, 2.45) is 0 Å². The second kappa shape index (κ2) is 8.15. The maximum atomic E-state index is 13.0. The minimum absolute atomic E-state index is 0.223. The van der Waals surface area contributed by atoms with E-state index in [4.69, 9.17) is 18.9 Å². The summed E-state index contributed by atoms with van der Waals surface area (Å²) in [5, 5.41) is 0.887. The minimum atomic E-state index is -0.587. The van der Waals surface area contributed by atoms with Gasteiger partial charge in [-0.3, -0.25) is 0 Å². The van der Waals surface area contributed by atoms with Crippen molar-refractivity contribution in [3.05, 3.63) is 54.9 Å². The van der Waals surface area contributed by atoms with E-state index in [0.29, 0.717) is 47.9 Å². The van der Waals surface area contributed by atoms with Gasteiger partial charge in [-0.05, 0) is 32.9 Å². The summed E-state index contributed by atoms with van der Waals surface area (Å²) in [4.78, 5) is 24.3. The molecule has 31 heavy (non-hydrogen) atoms. The van der Waals surface area contributed by atoms with Crippen LogP contribution < -0.4 is 4.90 Å². The predicted octanol–water partition coefficient (Wildman–Crippen LogP) is 4.56. The molecule has 7 heteroatoms. The number of anilines is 1. The van der Waals surface area contributed by atoms with Crippen LogP contribution in [0.4, 0.5) is 5.82 Å². The highest BCUT2D eigenvalue weighted by molar-refractivity contribution is 6.06. The van der Waals surface area contributed by atoms with Crippen molar-refractivity contribution in [3.63, 3.8) is 0 Å². The number of hydrogen-bond acceptors (Lipinski definition) is 7. The third kappa shape index (κ3) is 4.32. The van der Waals surface area contributed by atoms with Gasteiger partial charge < -0.3 is 18.8 Å². The van der Waals surface area contributed by atoms with Crippen LogP contribution in [0.25, 0.3) is 22.1 Å². The topological polar surface area (TPSA) is 77.7 Å². The summed E-state index contributed by atoms with van der Waals surface area (Å²) in [6, 6.07) is 7.17. The summed E-state index contributed by atoms with van der Waals surface area (Å²) in [6.07, 6.45) is 2.18. The lowest BCUT2D eigenvalue weighted by Gasteiger charge is -2.27. The molecule has 1 atom stereocenters. The Hall–Kier alpha value is -3.19. The highest BCUT2D eigenvalue weighted by Gasteiger charge is 2.38. The summed E-state index contributed by atoms with van der Waals surface area (Å²) >= 11 is 0. The van der Waals surface area contributed by atoms with Crippen molar-refractivity contribution < 1.29 is 18.7 Å². The van der Waals surface area contributed by atoms with Crippen LogP contribution in [-0.2, 0) is 20.9 Å². The molecule has 0 amide bonds. The number of rotatable bonds is 6. The average molecular weight is 421 g/mol. The quantitative estimate of drug-likeness (QED) is 0.328. The summed E-state index contributed by atoms with van der Waals surface area (Å²) in [6.45, 7) is 14.5. The first-order chi connectivity index (χ1) is 14.8. The Bertz CT molecular complexity index is 1160. The lowest BCUT2D eigenvalue weighted by molar-refractivity contribution is -0.156. The Morgan fingerprint density at radius 1 is 1.32 bits per heavy atom. The third-order valence-corrected chi connectivity index (χ3v) is 4.92. The Morgan fingerprint density at radius 3 is 2.84 bits per heavy atom. The van der Waals surface area contributed by atoms with Gasteiger partial charge in [-0.1, -0.05) is 30.4 Å². The van der Waals surface area contributed by atoms with Gasteiger partial charge in [0.15, 0.2) is 17.2 Å². The monoisotopic (exact) mass is 421 g/mol. The fraction of sp³-hybridized carbons (Fsp3) is 0.375. The number of benzene rings is 1. The number of aromatic nitrogens is 2. The molecule has 3 aromatic rings. The number of esters is 1. The normalized spacial score (nSPS) is 16.9. The Kier molecular flexibility index (Phi) is 5.54. The van der Waals surface area contributed by atoms with E-state index in [0.717, 1.165) is 11.0 Å². The number of hydrogen-bond donors (Lipinski definition) is 0. The van der Waals surface area contributed by atoms with Gasteiger partial charge in [0, 0.05) is 18.4 Å². The van der Waals surface area contributed by atoms with Gasteiger partial charge in [-0.2, -0.15) is 0 Å². The van der Waals surface area contributed by atoms with Crippen LogP contribution in [-0.4, -0.2) is 40.7 Å². The molecule has 1 aliphatic heterocycles. The summed E-state index contributed by atoms with van der Waals surface area (Å²) in [5.41, 5.74) is 2.29. The van der Waals surface area contributed by atoms with Crippen LogP contribution in [0.5, 0.6) is 0 Å². The summed E-state index contributed by atoms with van der Waals surface area (Å²) < 4.78 is 17.4. The molecular weight excluding hydrogens is 394 g/mol. The SMILES string of the molecule is C=CCOCc1nc(N2CC(=C)C[C@H]2C(=O)OC(C)(C)C)c2oc3ccccc3c2n1. The van der Waals surface area contributed by atoms with E-state index in [1.165, 1.54) is 0 Å². The molecule has 1 aromatic carbocycles. The fourth-order valence-electron chi connectivity index (χ4n) is 3.72. The molecule has 1 aliphatic rings. The largest absolute Gasteiger partial charge is 0.458 e. The predicted molar refractivity (Wildman–Crippen MR) is 120 cm³/mol. The van der Waals surface area contributed by atoms with Crippen LogP contribution in [0.15, 0.2) is 53.5 Å². The van der Waals surface area contributed by atoms with Crippen molar-refractivity contribution in [1.29, 1.82) is 0 Å². The fourth-order valence-corrected chi connectivity index (χ4v) is 3.72. The van der Waals surface area contributed by atoms with Gasteiger partial charge in [-0.15, -0.1) is 6.58 Å². The molecule has 1 saturated heterocycles. The van der Waals surface area contributed by atoms with Crippen molar-refractivity contribution in [3.8, 4) is 0 Å². The molecule has 2 aromatic heterocycles. The zero-order chi connectivity index (χ0) is 22.2. The highest BCUT2D eigenvalue weighted by Crippen LogP contribution is 2.37. The third-order valence-electron chi connectivity index (χ3n) is 4.92. The van der Waals surface area contributed by atoms with Crippen molar-refractivity contribution in [2.45, 2.75) is 45.4 Å². The van der Waals surface area contributed by atoms with E-state index >= 15 is 0 Å². The van der Waals surface area contributed by atoms with E-state index in [-0.39, 0.29) is 12.6 Å². The van der Waals surface area contributed by atoms with Crippen LogP contribution in [0.2, 0.25) is 0 Å². The molecule has 0 aliphatic carbocycles. The molecule has 0 radical (unpaired) electrons. The molecule has 0 unspecified atom stereocenters. The van der Waals surface area contributed by atoms with E-state index in [9.17, 15) is 4.79 Å². The smallest absolute Gasteiger partial charge is 0.329 e. The van der Waals surface area contributed by atoms with Crippen molar-refractivity contribution >= 4 is 33.9 Å². The number of nitrogens with zero attached hydrogens (tertiary/aromatic N) is 3. The standard InChI is InChI=1S/C24H27N3O4/c1-6-11-29-14-19-25-20-16-9-7-8-10-18(16)30-21(20)22(26-19)27-13-15(2)12-17(27)23(28)31-24(3,4)5/h6-10,17H,1-2,11-14H2,3-5H3/t17-/m0/s1. The summed E-state index contributed by atoms with van der Waals surface area (Å²) in [5.74, 6) is 0.753. The molecule has 1 fully saturated rings. The Labute approximate surface area is 181 Å². The van der Waals surface area contributed by atoms with E-state index in [1.54, 1.807) is 6.08 Å². The number of furan rings is 1. The molecule has 3 heterocycles. The molecule has 4 rings (SSSR count). The van der Waals surface area contributed by atoms with Crippen LogP contribution in [0.1, 0.15) is 33.0 Å². The minimum Gasteiger partial charge on any atom is -0.458 e. The summed E-state index contributed by atoms with van der Waals surface area (Å²) in [7, 11) is 0. The first-order valence-electron chi connectivity index (χ1n) is 10.3. The van der Waals surface area contributed by atoms with Crippen LogP contribution in [0.3, 0.4) is 0 Å². The molecule has 0 spiro atoms. The van der Waals surface area contributed by atoms with Gasteiger partial charge in [-0.25, -0.2) is 14.8 Å². The number of carbonyl (C=O) groups excluding carboxylic acids is 1. The average Bonchev–Trinajstić information content (AvgIpc) is 3.27. The number of para-hydroxylation sites is 1. The zero-order valence-corrected chi connectivity index (χ0v) is 18.2. The number of carbonyl (C=O) groups is 1. The zero-order valence-electron chi connectivity index (χ0n) is 18.2. The van der Waals surface area contributed by atoms with Gasteiger partial charge in [0.1, 0.15) is 29.3 Å². The van der Waals surface area contributed by atoms with Gasteiger partial charge in [0.05, 0.1) is 6.61 Å². The van der Waals surface area contributed by atoms with E-state index < -0.39 is 11.6 Å². The van der Waals surface area contributed by atoms with E-state index in [2.05, 4.69) is 18.1 Å². The molecular formula is C24H27N3O4. The number of fused-ring (bicyclic) bond motifs is 3. The first-order valence-corrected chi connectivity index (χ1v) is 10.3. The second-order valence-electron chi connectivity index (χ2n) is 8.67. The maximum Gasteiger partial charge on any atom is 0.329 e. The van der Waals surface area contributed by atoms with Crippen molar-refractivity contribution in [2.75, 3.05) is 18.1 Å². The molecule has 162 valence electrons.